The number of aliphatic carboxylic acids is 1. The van der Waals surface area contributed by atoms with Crippen molar-refractivity contribution in [3.05, 3.63) is 87.6 Å². The van der Waals surface area contributed by atoms with E-state index in [4.69, 9.17) is 0 Å². The van der Waals surface area contributed by atoms with Crippen molar-refractivity contribution in [1.82, 2.24) is 14.9 Å². The molecule has 0 radical (unpaired) electrons. The molecule has 2 N–H and O–H groups in total. The number of hydrogen-bond acceptors (Lipinski definition) is 4. The lowest BCUT2D eigenvalue weighted by Gasteiger charge is -2.27. The topological polar surface area (TPSA) is 101 Å². The molecule has 1 aromatic carbocycles. The van der Waals surface area contributed by atoms with Gasteiger partial charge in [0.1, 0.15) is 6.04 Å². The number of carboxylic acids is 1. The summed E-state index contributed by atoms with van der Waals surface area (Å²) in [7, 11) is 0. The first-order chi connectivity index (χ1) is 16.6. The zero-order valence-electron chi connectivity index (χ0n) is 20.9. The van der Waals surface area contributed by atoms with E-state index in [9.17, 15) is 19.5 Å². The fourth-order valence-corrected chi connectivity index (χ4v) is 4.44. The minimum Gasteiger partial charge on any atom is -0.481 e. The molecular formula is C28H33N3O4. The van der Waals surface area contributed by atoms with Crippen LogP contribution in [0.4, 0.5) is 0 Å². The highest BCUT2D eigenvalue weighted by Gasteiger charge is 2.30. The third kappa shape index (κ3) is 6.04. The Hall–Kier alpha value is -3.74. The Bertz CT molecular complexity index is 1260. The molecule has 3 unspecified atom stereocenters. The fourth-order valence-electron chi connectivity index (χ4n) is 4.44. The predicted octanol–water partition coefficient (Wildman–Crippen LogP) is 4.75. The molecule has 2 heterocycles. The number of pyridine rings is 2. The van der Waals surface area contributed by atoms with Crippen LogP contribution in [0.3, 0.4) is 0 Å². The molecule has 0 saturated heterocycles. The van der Waals surface area contributed by atoms with Gasteiger partial charge in [0.25, 0.3) is 5.56 Å². The minimum absolute atomic E-state index is 0.139. The van der Waals surface area contributed by atoms with E-state index >= 15 is 0 Å². The lowest BCUT2D eigenvalue weighted by atomic mass is 9.94. The van der Waals surface area contributed by atoms with Crippen molar-refractivity contribution in [2.24, 2.45) is 5.92 Å². The predicted molar refractivity (Wildman–Crippen MR) is 136 cm³/mol. The number of hydrogen-bond donors (Lipinski definition) is 2. The van der Waals surface area contributed by atoms with Crippen LogP contribution < -0.4 is 10.9 Å². The average Bonchev–Trinajstić information content (AvgIpc) is 2.80. The molecule has 1 amide bonds. The highest BCUT2D eigenvalue weighted by atomic mass is 16.4. The molecule has 0 bridgehead atoms. The van der Waals surface area contributed by atoms with Crippen LogP contribution >= 0.6 is 0 Å². The van der Waals surface area contributed by atoms with Crippen LogP contribution in [0.25, 0.3) is 11.1 Å². The summed E-state index contributed by atoms with van der Waals surface area (Å²) in [5.41, 5.74) is 5.20. The normalized spacial score (nSPS) is 13.6. The smallest absolute Gasteiger partial charge is 0.305 e. The molecule has 7 nitrogen and oxygen atoms in total. The van der Waals surface area contributed by atoms with Crippen molar-refractivity contribution >= 4 is 11.9 Å². The lowest BCUT2D eigenvalue weighted by molar-refractivity contribution is -0.138. The van der Waals surface area contributed by atoms with Gasteiger partial charge in [-0.1, -0.05) is 38.5 Å². The molecule has 0 aliphatic rings. The second kappa shape index (κ2) is 11.1. The maximum Gasteiger partial charge on any atom is 0.305 e. The number of nitrogens with zero attached hydrogens (tertiary/aromatic N) is 2. The van der Waals surface area contributed by atoms with Crippen LogP contribution in [0.15, 0.2) is 59.8 Å². The molecule has 0 aliphatic heterocycles. The summed E-state index contributed by atoms with van der Waals surface area (Å²) in [5.74, 6) is -1.57. The van der Waals surface area contributed by atoms with Gasteiger partial charge in [-0.05, 0) is 66.6 Å². The van der Waals surface area contributed by atoms with Gasteiger partial charge < -0.3 is 15.0 Å². The van der Waals surface area contributed by atoms with Crippen LogP contribution in [0.1, 0.15) is 61.0 Å². The van der Waals surface area contributed by atoms with Gasteiger partial charge in [0.05, 0.1) is 12.5 Å². The highest BCUT2D eigenvalue weighted by molar-refractivity contribution is 5.82. The minimum atomic E-state index is -1.04. The number of carbonyl (C=O) groups is 2. The third-order valence-electron chi connectivity index (χ3n) is 6.48. The maximum atomic E-state index is 13.5. The van der Waals surface area contributed by atoms with E-state index < -0.39 is 24.0 Å². The standard InChI is InChI=1S/C28H33N3O4/c1-6-18(3)27(31-11-10-17(2)12-24(31)32)28(35)30-23(14-25(33)34)21-13-22(16-29-15-21)26-19(4)8-7-9-20(26)5/h7-13,15-16,18,23,27H,6,14H2,1-5H3,(H,30,35)(H,33,34). The van der Waals surface area contributed by atoms with Gasteiger partial charge in [-0.15, -0.1) is 0 Å². The fraction of sp³-hybridized carbons (Fsp3) is 0.357. The van der Waals surface area contributed by atoms with Gasteiger partial charge in [-0.3, -0.25) is 19.4 Å². The first-order valence-electron chi connectivity index (χ1n) is 11.8. The summed E-state index contributed by atoms with van der Waals surface area (Å²) < 4.78 is 1.43. The quantitative estimate of drug-likeness (QED) is 0.465. The third-order valence-corrected chi connectivity index (χ3v) is 6.48. The Balaban J connectivity index is 2.00. The number of benzene rings is 1. The second-order valence-corrected chi connectivity index (χ2v) is 9.21. The molecule has 184 valence electrons. The number of aryl methyl sites for hydroxylation is 3. The summed E-state index contributed by atoms with van der Waals surface area (Å²) in [4.78, 5) is 42.3. The van der Waals surface area contributed by atoms with E-state index in [2.05, 4.69) is 10.3 Å². The monoisotopic (exact) mass is 475 g/mol. The molecule has 0 aliphatic carbocycles. The maximum absolute atomic E-state index is 13.5. The van der Waals surface area contributed by atoms with Gasteiger partial charge in [-0.25, -0.2) is 0 Å². The van der Waals surface area contributed by atoms with Crippen LogP contribution in [0, 0.1) is 26.7 Å². The van der Waals surface area contributed by atoms with Gasteiger partial charge in [0.2, 0.25) is 5.91 Å². The second-order valence-electron chi connectivity index (χ2n) is 9.21. The van der Waals surface area contributed by atoms with Crippen LogP contribution in [-0.4, -0.2) is 26.5 Å². The highest BCUT2D eigenvalue weighted by Crippen LogP contribution is 2.30. The van der Waals surface area contributed by atoms with Crippen LogP contribution in [0.5, 0.6) is 0 Å². The van der Waals surface area contributed by atoms with E-state index in [1.165, 1.54) is 10.6 Å². The van der Waals surface area contributed by atoms with E-state index in [1.54, 1.807) is 24.7 Å². The molecule has 3 atom stereocenters. The average molecular weight is 476 g/mol. The van der Waals surface area contributed by atoms with Crippen molar-refractivity contribution < 1.29 is 14.7 Å². The van der Waals surface area contributed by atoms with Crippen molar-refractivity contribution in [2.75, 3.05) is 0 Å². The molecule has 3 aromatic rings. The summed E-state index contributed by atoms with van der Waals surface area (Å²) in [5, 5.41) is 12.5. The Morgan fingerprint density at radius 2 is 1.77 bits per heavy atom. The largest absolute Gasteiger partial charge is 0.481 e. The molecular weight excluding hydrogens is 442 g/mol. The van der Waals surface area contributed by atoms with Crippen molar-refractivity contribution in [3.8, 4) is 11.1 Å². The molecule has 0 spiro atoms. The molecule has 35 heavy (non-hydrogen) atoms. The van der Waals surface area contributed by atoms with E-state index in [-0.39, 0.29) is 17.9 Å². The Kier molecular flexibility index (Phi) is 8.22. The van der Waals surface area contributed by atoms with Crippen molar-refractivity contribution in [2.45, 2.75) is 59.5 Å². The number of carboxylic acid groups (broad SMARTS) is 1. The van der Waals surface area contributed by atoms with E-state index in [1.807, 2.05) is 58.9 Å². The van der Waals surface area contributed by atoms with E-state index in [0.717, 1.165) is 27.8 Å². The van der Waals surface area contributed by atoms with Gasteiger partial charge in [0.15, 0.2) is 0 Å². The summed E-state index contributed by atoms with van der Waals surface area (Å²) in [6, 6.07) is 9.62. The lowest BCUT2D eigenvalue weighted by Crippen LogP contribution is -2.42. The molecule has 2 aromatic heterocycles. The molecule has 7 heteroatoms. The number of amides is 1. The zero-order chi connectivity index (χ0) is 25.7. The van der Waals surface area contributed by atoms with Gasteiger partial charge >= 0.3 is 5.97 Å². The summed E-state index contributed by atoms with van der Waals surface area (Å²) >= 11 is 0. The Morgan fingerprint density at radius 3 is 2.37 bits per heavy atom. The first kappa shape index (κ1) is 25.9. The Morgan fingerprint density at radius 1 is 1.09 bits per heavy atom. The molecule has 0 saturated carbocycles. The number of nitrogens with one attached hydrogen (secondary N) is 1. The van der Waals surface area contributed by atoms with Crippen molar-refractivity contribution in [3.63, 3.8) is 0 Å². The van der Waals surface area contributed by atoms with Crippen LogP contribution in [0.2, 0.25) is 0 Å². The van der Waals surface area contributed by atoms with Gasteiger partial charge in [0, 0.05) is 30.2 Å². The van der Waals surface area contributed by atoms with Gasteiger partial charge in [-0.2, -0.15) is 0 Å². The molecule has 0 fully saturated rings. The summed E-state index contributed by atoms with van der Waals surface area (Å²) in [6.07, 6.45) is 5.32. The SMILES string of the molecule is CCC(C)C(C(=O)NC(CC(=O)O)c1cncc(-c2c(C)cccc2C)c1)n1ccc(C)cc1=O. The number of rotatable bonds is 9. The Labute approximate surface area is 205 Å². The van der Waals surface area contributed by atoms with E-state index in [0.29, 0.717) is 12.0 Å². The first-order valence-corrected chi connectivity index (χ1v) is 11.8. The summed E-state index contributed by atoms with van der Waals surface area (Å²) in [6.45, 7) is 9.72. The molecule has 3 rings (SSSR count). The van der Waals surface area contributed by atoms with Crippen LogP contribution in [-0.2, 0) is 9.59 Å². The number of carbonyl (C=O) groups excluding carboxylic acids is 1. The van der Waals surface area contributed by atoms with Crippen molar-refractivity contribution in [1.29, 1.82) is 0 Å². The number of aromatic nitrogens is 2. The zero-order valence-corrected chi connectivity index (χ0v) is 20.9.